The number of morpholine rings is 1. The number of sulfone groups is 2. The number of carbonyl (C=O) groups excluding carboxylic acids is 2. The third-order valence-electron chi connectivity index (χ3n) is 14.4. The number of nitrogens with zero attached hydrogens (tertiary/aromatic N) is 7. The van der Waals surface area contributed by atoms with Crippen LogP contribution in [0, 0.1) is 0 Å². The van der Waals surface area contributed by atoms with Gasteiger partial charge in [-0.25, -0.2) is 26.8 Å². The summed E-state index contributed by atoms with van der Waals surface area (Å²) in [5.74, 6) is 1.59. The molecule has 86 heavy (non-hydrogen) atoms. The summed E-state index contributed by atoms with van der Waals surface area (Å²) in [6, 6.07) is 20.5. The molecule has 0 saturated carbocycles. The van der Waals surface area contributed by atoms with E-state index in [0.29, 0.717) is 78.2 Å². The molecule has 462 valence electrons. The van der Waals surface area contributed by atoms with Gasteiger partial charge in [0.2, 0.25) is 11.9 Å². The highest BCUT2D eigenvalue weighted by atomic mass is 35.5. The normalized spacial score (nSPS) is 15.8. The van der Waals surface area contributed by atoms with Crippen LogP contribution >= 0.6 is 23.2 Å². The Hall–Kier alpha value is -6.90. The minimum absolute atomic E-state index is 0.0441. The van der Waals surface area contributed by atoms with Crippen LogP contribution in [0.2, 0.25) is 10.0 Å². The van der Waals surface area contributed by atoms with Gasteiger partial charge in [0.15, 0.2) is 31.3 Å². The molecule has 2 amide bonds. The molecule has 2 fully saturated rings. The number of aliphatic hydroxyl groups excluding tert-OH is 1. The molecule has 4 aromatic carbocycles. The number of nitrogens with one attached hydrogen (secondary N) is 5. The van der Waals surface area contributed by atoms with Gasteiger partial charge in [0.25, 0.3) is 11.8 Å². The zero-order valence-electron chi connectivity index (χ0n) is 49.8. The number of hydrogen-bond acceptors (Lipinski definition) is 20. The van der Waals surface area contributed by atoms with Crippen molar-refractivity contribution < 1.29 is 45.7 Å². The molecule has 5 heterocycles. The third-order valence-corrected chi connectivity index (χ3v) is 19.4. The van der Waals surface area contributed by atoms with Gasteiger partial charge in [-0.2, -0.15) is 9.97 Å². The van der Waals surface area contributed by atoms with Crippen LogP contribution in [0.25, 0.3) is 0 Å². The van der Waals surface area contributed by atoms with Gasteiger partial charge in [0.1, 0.15) is 21.5 Å². The summed E-state index contributed by atoms with van der Waals surface area (Å²) in [7, 11) is -5.57. The first-order valence-electron chi connectivity index (χ1n) is 28.6. The monoisotopic (exact) mass is 1260 g/mol. The average Bonchev–Trinajstić information content (AvgIpc) is 3.95. The van der Waals surface area contributed by atoms with Crippen molar-refractivity contribution in [3.63, 3.8) is 0 Å². The maximum atomic E-state index is 13.6. The zero-order valence-corrected chi connectivity index (χ0v) is 52.9. The molecule has 1 atom stereocenters. The Labute approximate surface area is 513 Å². The molecular formula is C60H76Cl2N12O10S2. The molecule has 2 saturated heterocycles. The van der Waals surface area contributed by atoms with Crippen LogP contribution in [0.3, 0.4) is 0 Å². The fourth-order valence-corrected chi connectivity index (χ4v) is 12.6. The van der Waals surface area contributed by atoms with E-state index in [4.69, 9.17) is 37.4 Å². The Morgan fingerprint density at radius 3 is 1.74 bits per heavy atom. The van der Waals surface area contributed by atoms with E-state index in [-0.39, 0.29) is 80.0 Å². The second-order valence-corrected chi connectivity index (χ2v) is 27.8. The second-order valence-electron chi connectivity index (χ2n) is 22.0. The molecule has 6 aromatic rings. The molecule has 26 heteroatoms. The number of aromatic nitrogens is 4. The molecule has 0 spiro atoms. The van der Waals surface area contributed by atoms with Gasteiger partial charge >= 0.3 is 0 Å². The van der Waals surface area contributed by atoms with Gasteiger partial charge < -0.3 is 50.8 Å². The molecule has 0 aliphatic carbocycles. The molecular weight excluding hydrogens is 1180 g/mol. The highest BCUT2D eigenvalue weighted by Crippen LogP contribution is 2.39. The Morgan fingerprint density at radius 1 is 0.709 bits per heavy atom. The summed E-state index contributed by atoms with van der Waals surface area (Å²) in [6.07, 6.45) is 4.44. The number of halogens is 2. The molecule has 0 radical (unpaired) electrons. The predicted octanol–water partition coefficient (Wildman–Crippen LogP) is 9.78. The summed E-state index contributed by atoms with van der Waals surface area (Å²) < 4.78 is 69.6. The molecule has 3 aliphatic rings. The standard InChI is InChI=1S/C31H39ClN6O5S.C29H37ClN6O5S/c1-19(2)43-27-14-21-17-38(22-8-7-11-37(18-22)12-13-39)30(40)23(21)15-26(27)35-31-33-16-24(32)29(36-31)34-25-9-5-6-10-28(25)44(41,42)20(3)4;1-18(2)41-25-14-20(17-36-10-12-40-13-11-36)21(28(37)31-5)15-24(25)34-29-32-16-22(30)27(35-29)33-23-8-6-7-9-26(23)42(38,39)19(3)4/h5-6,9-10,14-16,19-20,22,39H,7-8,11-13,17-18H2,1-4H3,(H2,33,34,35,36);6-9,14-16,18-19H,10-13,17H2,1-5H3,(H,31,37)(H2,32,33,34,35)/t22-;/m1./s1. The molecule has 6 N–H and O–H groups in total. The van der Waals surface area contributed by atoms with Crippen LogP contribution in [0.5, 0.6) is 11.5 Å². The van der Waals surface area contributed by atoms with Crippen LogP contribution in [0.4, 0.5) is 46.3 Å². The Kier molecular flexibility index (Phi) is 21.7. The lowest BCUT2D eigenvalue weighted by atomic mass is 10.0. The number of amides is 2. The first-order chi connectivity index (χ1) is 41.0. The van der Waals surface area contributed by atoms with Gasteiger partial charge in [-0.3, -0.25) is 19.4 Å². The first kappa shape index (κ1) is 65.1. The quantitative estimate of drug-likeness (QED) is 0.0369. The van der Waals surface area contributed by atoms with Crippen LogP contribution in [0.15, 0.2) is 95.0 Å². The zero-order chi connectivity index (χ0) is 62.0. The Morgan fingerprint density at radius 2 is 1.23 bits per heavy atom. The summed E-state index contributed by atoms with van der Waals surface area (Å²) >= 11 is 12.9. The van der Waals surface area contributed by atoms with Crippen molar-refractivity contribution in [1.29, 1.82) is 0 Å². The van der Waals surface area contributed by atoms with Crippen LogP contribution in [-0.4, -0.2) is 157 Å². The number of ether oxygens (including phenoxy) is 3. The number of benzene rings is 4. The predicted molar refractivity (Wildman–Crippen MR) is 335 cm³/mol. The van der Waals surface area contributed by atoms with E-state index in [9.17, 15) is 31.5 Å². The van der Waals surface area contributed by atoms with E-state index in [1.165, 1.54) is 12.4 Å². The number of aliphatic hydroxyl groups is 1. The molecule has 0 bridgehead atoms. The van der Waals surface area contributed by atoms with Gasteiger partial charge in [0.05, 0.1) is 87.5 Å². The minimum Gasteiger partial charge on any atom is -0.489 e. The van der Waals surface area contributed by atoms with E-state index in [1.807, 2.05) is 44.7 Å². The summed E-state index contributed by atoms with van der Waals surface area (Å²) in [5.41, 5.74) is 4.48. The van der Waals surface area contributed by atoms with E-state index < -0.39 is 30.2 Å². The average molecular weight is 1260 g/mol. The van der Waals surface area contributed by atoms with Crippen molar-refractivity contribution in [2.45, 2.75) is 120 Å². The molecule has 3 aliphatic heterocycles. The van der Waals surface area contributed by atoms with Crippen molar-refractivity contribution >= 4 is 101 Å². The number of para-hydroxylation sites is 2. The number of hydrogen-bond donors (Lipinski definition) is 6. The fraction of sp³-hybridized carbons (Fsp3) is 0.433. The topological polar surface area (TPSA) is 272 Å². The van der Waals surface area contributed by atoms with E-state index in [0.717, 1.165) is 50.1 Å². The number of likely N-dealkylation sites (tertiary alicyclic amines) is 1. The first-order valence-corrected chi connectivity index (χ1v) is 32.4. The lowest BCUT2D eigenvalue weighted by molar-refractivity contribution is 0.0340. The SMILES string of the molecule is CC(C)Oc1cc2c(cc1Nc1ncc(Cl)c(Nc3ccccc3S(=O)(=O)C(C)C)n1)C(=O)N([C@@H]1CCCN(CCO)C1)C2.CNC(=O)c1cc(Nc2ncc(Cl)c(Nc3ccccc3S(=O)(=O)C(C)C)n2)c(OC(C)C)cc1CN1CCOCC1. The highest BCUT2D eigenvalue weighted by Gasteiger charge is 2.36. The molecule has 22 nitrogen and oxygen atoms in total. The van der Waals surface area contributed by atoms with E-state index >= 15 is 0 Å². The van der Waals surface area contributed by atoms with Crippen molar-refractivity contribution in [2.75, 3.05) is 80.9 Å². The molecule has 0 unspecified atom stereocenters. The second kappa shape index (κ2) is 28.7. The van der Waals surface area contributed by atoms with Crippen LogP contribution in [-0.2, 0) is 37.5 Å². The summed E-state index contributed by atoms with van der Waals surface area (Å²) in [4.78, 5) is 50.9. The molecule has 2 aromatic heterocycles. The summed E-state index contributed by atoms with van der Waals surface area (Å²) in [5, 5.41) is 23.8. The lowest BCUT2D eigenvalue weighted by Gasteiger charge is -2.37. The van der Waals surface area contributed by atoms with Crippen molar-refractivity contribution in [3.05, 3.63) is 117 Å². The van der Waals surface area contributed by atoms with Gasteiger partial charge in [-0.05, 0) is 134 Å². The minimum atomic E-state index is -3.58. The largest absolute Gasteiger partial charge is 0.489 e. The van der Waals surface area contributed by atoms with Gasteiger partial charge in [0, 0.05) is 63.5 Å². The van der Waals surface area contributed by atoms with Crippen LogP contribution < -0.4 is 36.1 Å². The number of anilines is 8. The number of piperidine rings is 1. The van der Waals surface area contributed by atoms with Gasteiger partial charge in [-0.15, -0.1) is 0 Å². The number of carbonyl (C=O) groups is 2. The van der Waals surface area contributed by atoms with Crippen molar-refractivity contribution in [1.82, 2.24) is 40.0 Å². The third kappa shape index (κ3) is 15.8. The number of β-amino-alcohol motifs (C(OH)–C–C–N with tert-alkyl or cyclic N) is 1. The lowest BCUT2D eigenvalue weighted by Crippen LogP contribution is -2.48. The Bertz CT molecular complexity index is 3630. The van der Waals surface area contributed by atoms with E-state index in [2.05, 4.69) is 56.3 Å². The van der Waals surface area contributed by atoms with Gasteiger partial charge in [-0.1, -0.05) is 47.5 Å². The van der Waals surface area contributed by atoms with Crippen LogP contribution in [0.1, 0.15) is 100 Å². The van der Waals surface area contributed by atoms with Crippen molar-refractivity contribution in [2.24, 2.45) is 0 Å². The highest BCUT2D eigenvalue weighted by molar-refractivity contribution is 7.92. The smallest absolute Gasteiger partial charge is 0.254 e. The number of fused-ring (bicyclic) bond motifs is 1. The fourth-order valence-electron chi connectivity index (χ4n) is 9.95. The maximum Gasteiger partial charge on any atom is 0.254 e. The Balaban J connectivity index is 0.000000224. The van der Waals surface area contributed by atoms with E-state index in [1.54, 1.807) is 95.4 Å². The number of rotatable bonds is 22. The van der Waals surface area contributed by atoms with Crippen molar-refractivity contribution in [3.8, 4) is 11.5 Å². The molecule has 9 rings (SSSR count). The maximum absolute atomic E-state index is 13.6. The summed E-state index contributed by atoms with van der Waals surface area (Å²) in [6.45, 7) is 20.4.